The number of likely N-dealkylation sites (N-methyl/N-ethyl adjacent to an activating group) is 1. The highest BCUT2D eigenvalue weighted by molar-refractivity contribution is 5.58. The lowest BCUT2D eigenvalue weighted by Gasteiger charge is -2.14. The fourth-order valence-corrected chi connectivity index (χ4v) is 2.93. The Balaban J connectivity index is 1.42. The van der Waals surface area contributed by atoms with E-state index in [1.807, 2.05) is 0 Å². The van der Waals surface area contributed by atoms with Crippen molar-refractivity contribution in [3.05, 3.63) is 59.2 Å². The van der Waals surface area contributed by atoms with Gasteiger partial charge in [-0.2, -0.15) is 0 Å². The molecule has 1 atom stereocenters. The van der Waals surface area contributed by atoms with Crippen LogP contribution >= 0.6 is 0 Å². The second kappa shape index (κ2) is 7.80. The summed E-state index contributed by atoms with van der Waals surface area (Å²) < 4.78 is 31.2. The number of hydrogen-bond donors (Lipinski definition) is 2. The molecule has 3 rings (SSSR count). The van der Waals surface area contributed by atoms with Gasteiger partial charge in [0.25, 0.3) is 0 Å². The first-order valence-electron chi connectivity index (χ1n) is 8.32. The Hall–Kier alpha value is -2.18. The molecule has 0 saturated carbocycles. The van der Waals surface area contributed by atoms with Crippen molar-refractivity contribution >= 4 is 5.69 Å². The van der Waals surface area contributed by atoms with Crippen LogP contribution < -0.4 is 15.0 Å². The van der Waals surface area contributed by atoms with Crippen molar-refractivity contribution in [1.29, 1.82) is 0 Å². The van der Waals surface area contributed by atoms with Gasteiger partial charge in [0, 0.05) is 38.4 Å². The Labute approximate surface area is 146 Å². The molecule has 0 saturated heterocycles. The molecule has 0 radical (unpaired) electrons. The summed E-state index contributed by atoms with van der Waals surface area (Å²) in [5.74, 6) is -1.69. The molecule has 0 spiro atoms. The Kier molecular flexibility index (Phi) is 5.50. The van der Waals surface area contributed by atoms with Crippen LogP contribution in [0.4, 0.5) is 14.5 Å². The van der Waals surface area contributed by atoms with Crippen molar-refractivity contribution in [1.82, 2.24) is 5.32 Å². The van der Waals surface area contributed by atoms with Crippen molar-refractivity contribution < 1.29 is 18.6 Å². The fraction of sp³-hybridized carbons (Fsp3) is 0.368. The molecular weight excluding hydrogens is 326 g/mol. The molecule has 0 aromatic heterocycles. The van der Waals surface area contributed by atoms with Crippen molar-refractivity contribution in [2.45, 2.75) is 19.1 Å². The molecule has 1 unspecified atom stereocenters. The predicted molar refractivity (Wildman–Crippen MR) is 93.0 cm³/mol. The summed E-state index contributed by atoms with van der Waals surface area (Å²) in [7, 11) is 2.09. The average Bonchev–Trinajstić information content (AvgIpc) is 2.96. The van der Waals surface area contributed by atoms with Gasteiger partial charge in [-0.3, -0.25) is 0 Å². The maximum absolute atomic E-state index is 13.1. The lowest BCUT2D eigenvalue weighted by molar-refractivity contribution is 0.106. The molecule has 25 heavy (non-hydrogen) atoms. The van der Waals surface area contributed by atoms with Crippen LogP contribution in [0.1, 0.15) is 11.1 Å². The minimum absolute atomic E-state index is 0.00700. The van der Waals surface area contributed by atoms with E-state index in [0.29, 0.717) is 13.1 Å². The normalized spacial score (nSPS) is 14.5. The molecule has 2 N–H and O–H groups in total. The lowest BCUT2D eigenvalue weighted by Crippen LogP contribution is -2.31. The van der Waals surface area contributed by atoms with Gasteiger partial charge >= 0.3 is 0 Å². The molecule has 0 bridgehead atoms. The van der Waals surface area contributed by atoms with Gasteiger partial charge in [0.2, 0.25) is 0 Å². The standard InChI is InChI=1S/C19H22F2N2O2/c1-23-7-6-14-8-13(2-5-19(14)23)10-22-11-15(24)12-25-16-3-4-17(20)18(21)9-16/h2-5,8-9,15,22,24H,6-7,10-12H2,1H3. The zero-order valence-corrected chi connectivity index (χ0v) is 14.1. The van der Waals surface area contributed by atoms with Gasteiger partial charge < -0.3 is 20.1 Å². The first-order valence-corrected chi connectivity index (χ1v) is 8.32. The first kappa shape index (κ1) is 17.6. The fourth-order valence-electron chi connectivity index (χ4n) is 2.93. The zero-order chi connectivity index (χ0) is 17.8. The largest absolute Gasteiger partial charge is 0.491 e. The van der Waals surface area contributed by atoms with Crippen LogP contribution in [0.15, 0.2) is 36.4 Å². The molecule has 1 aliphatic heterocycles. The summed E-state index contributed by atoms with van der Waals surface area (Å²) in [6.07, 6.45) is 0.318. The maximum atomic E-state index is 13.1. The second-order valence-electron chi connectivity index (χ2n) is 6.31. The van der Waals surface area contributed by atoms with Gasteiger partial charge in [-0.15, -0.1) is 0 Å². The number of ether oxygens (including phenoxy) is 1. The van der Waals surface area contributed by atoms with E-state index in [9.17, 15) is 13.9 Å². The van der Waals surface area contributed by atoms with Crippen LogP contribution in [0.2, 0.25) is 0 Å². The van der Waals surface area contributed by atoms with Crippen molar-refractivity contribution in [3.8, 4) is 5.75 Å². The number of halogens is 2. The van der Waals surface area contributed by atoms with Crippen LogP contribution in [-0.4, -0.2) is 38.0 Å². The van der Waals surface area contributed by atoms with E-state index in [1.165, 1.54) is 22.9 Å². The van der Waals surface area contributed by atoms with E-state index in [-0.39, 0.29) is 12.4 Å². The van der Waals surface area contributed by atoms with Crippen molar-refractivity contribution in [3.63, 3.8) is 0 Å². The van der Waals surface area contributed by atoms with Crippen LogP contribution in [-0.2, 0) is 13.0 Å². The van der Waals surface area contributed by atoms with E-state index in [0.717, 1.165) is 25.1 Å². The Morgan fingerprint density at radius 2 is 2.04 bits per heavy atom. The molecule has 0 aliphatic carbocycles. The molecular formula is C19H22F2N2O2. The number of aliphatic hydroxyl groups excluding tert-OH is 1. The number of rotatable bonds is 7. The highest BCUT2D eigenvalue weighted by atomic mass is 19.2. The Morgan fingerprint density at radius 1 is 1.20 bits per heavy atom. The maximum Gasteiger partial charge on any atom is 0.162 e. The highest BCUT2D eigenvalue weighted by Crippen LogP contribution is 2.27. The third-order valence-corrected chi connectivity index (χ3v) is 4.31. The second-order valence-corrected chi connectivity index (χ2v) is 6.31. The topological polar surface area (TPSA) is 44.7 Å². The number of benzene rings is 2. The minimum atomic E-state index is -0.965. The third-order valence-electron chi connectivity index (χ3n) is 4.31. The summed E-state index contributed by atoms with van der Waals surface area (Å²) in [4.78, 5) is 2.24. The number of hydrogen-bond acceptors (Lipinski definition) is 4. The molecule has 134 valence electrons. The molecule has 1 heterocycles. The van der Waals surface area contributed by atoms with Crippen LogP contribution in [0.3, 0.4) is 0 Å². The molecule has 1 aliphatic rings. The number of anilines is 1. The van der Waals surface area contributed by atoms with Gasteiger partial charge in [-0.05, 0) is 35.7 Å². The molecule has 2 aromatic rings. The predicted octanol–water partition coefficient (Wildman–Crippen LogP) is 2.49. The van der Waals surface area contributed by atoms with E-state index in [2.05, 4.69) is 35.5 Å². The summed E-state index contributed by atoms with van der Waals surface area (Å²) in [6, 6.07) is 9.70. The van der Waals surface area contributed by atoms with E-state index in [4.69, 9.17) is 4.74 Å². The zero-order valence-electron chi connectivity index (χ0n) is 14.1. The minimum Gasteiger partial charge on any atom is -0.491 e. The Bertz CT molecular complexity index is 739. The molecule has 4 nitrogen and oxygen atoms in total. The number of nitrogens with zero attached hydrogens (tertiary/aromatic N) is 1. The van der Waals surface area contributed by atoms with Gasteiger partial charge in [0.05, 0.1) is 0 Å². The smallest absolute Gasteiger partial charge is 0.162 e. The number of fused-ring (bicyclic) bond motifs is 1. The molecule has 6 heteroatoms. The van der Waals surface area contributed by atoms with Crippen molar-refractivity contribution in [2.75, 3.05) is 31.6 Å². The van der Waals surface area contributed by atoms with Gasteiger partial charge in [-0.1, -0.05) is 12.1 Å². The number of nitrogens with one attached hydrogen (secondary N) is 1. The van der Waals surface area contributed by atoms with Gasteiger partial charge in [0.1, 0.15) is 18.5 Å². The molecule has 0 fully saturated rings. The van der Waals surface area contributed by atoms with Crippen LogP contribution in [0, 0.1) is 11.6 Å². The van der Waals surface area contributed by atoms with Gasteiger partial charge in [0.15, 0.2) is 11.6 Å². The molecule has 2 aromatic carbocycles. The molecule has 0 amide bonds. The monoisotopic (exact) mass is 348 g/mol. The summed E-state index contributed by atoms with van der Waals surface area (Å²) >= 11 is 0. The highest BCUT2D eigenvalue weighted by Gasteiger charge is 2.15. The number of aliphatic hydroxyl groups is 1. The van der Waals surface area contributed by atoms with Crippen molar-refractivity contribution in [2.24, 2.45) is 0 Å². The average molecular weight is 348 g/mol. The van der Waals surface area contributed by atoms with Crippen LogP contribution in [0.25, 0.3) is 0 Å². The van der Waals surface area contributed by atoms with E-state index >= 15 is 0 Å². The third kappa shape index (κ3) is 4.46. The Morgan fingerprint density at radius 3 is 2.84 bits per heavy atom. The first-order chi connectivity index (χ1) is 12.0. The van der Waals surface area contributed by atoms with Gasteiger partial charge in [-0.25, -0.2) is 8.78 Å². The summed E-state index contributed by atoms with van der Waals surface area (Å²) in [5.41, 5.74) is 3.80. The SMILES string of the molecule is CN1CCc2cc(CNCC(O)COc3ccc(F)c(F)c3)ccc21. The summed E-state index contributed by atoms with van der Waals surface area (Å²) in [6.45, 7) is 2.05. The van der Waals surface area contributed by atoms with E-state index < -0.39 is 17.7 Å². The van der Waals surface area contributed by atoms with E-state index in [1.54, 1.807) is 0 Å². The quantitative estimate of drug-likeness (QED) is 0.807. The lowest BCUT2D eigenvalue weighted by atomic mass is 10.1. The van der Waals surface area contributed by atoms with Crippen LogP contribution in [0.5, 0.6) is 5.75 Å². The summed E-state index contributed by atoms with van der Waals surface area (Å²) in [5, 5.41) is 13.1.